The minimum absolute atomic E-state index is 0.370. The monoisotopic (exact) mass is 259 g/mol. The fraction of sp³-hybridized carbons (Fsp3) is 0.923. The molecule has 1 saturated heterocycles. The molecule has 1 aliphatic heterocycles. The van der Waals surface area contributed by atoms with Crippen LogP contribution in [0.3, 0.4) is 0 Å². The second-order valence-corrected chi connectivity index (χ2v) is 5.31. The van der Waals surface area contributed by atoms with Crippen LogP contribution in [-0.4, -0.2) is 65.2 Å². The Bertz CT molecular complexity index is 273. The molecule has 0 aromatic rings. The van der Waals surface area contributed by atoms with Crippen molar-refractivity contribution >= 4 is 5.91 Å². The summed E-state index contributed by atoms with van der Waals surface area (Å²) in [5, 5.41) is 10.2. The van der Waals surface area contributed by atoms with Crippen molar-refractivity contribution in [3.05, 3.63) is 0 Å². The summed E-state index contributed by atoms with van der Waals surface area (Å²) in [5.74, 6) is -0.370. The lowest BCUT2D eigenvalue weighted by atomic mass is 9.91. The molecule has 0 aromatic heterocycles. The van der Waals surface area contributed by atoms with Crippen LogP contribution in [0.25, 0.3) is 0 Å². The SMILES string of the molecule is CC.CCN1CC(O)(CN(C)C(C)(C)C(N)=O)C1. The minimum atomic E-state index is -0.720. The Kier molecular flexibility index (Phi) is 6.26. The molecule has 5 heteroatoms. The van der Waals surface area contributed by atoms with Crippen LogP contribution in [-0.2, 0) is 4.79 Å². The van der Waals surface area contributed by atoms with Crippen LogP contribution in [0.2, 0.25) is 0 Å². The van der Waals surface area contributed by atoms with E-state index in [2.05, 4.69) is 11.8 Å². The van der Waals surface area contributed by atoms with Crippen LogP contribution in [0.4, 0.5) is 0 Å². The van der Waals surface area contributed by atoms with Gasteiger partial charge in [-0.15, -0.1) is 0 Å². The summed E-state index contributed by atoms with van der Waals surface area (Å²) in [7, 11) is 1.82. The summed E-state index contributed by atoms with van der Waals surface area (Å²) in [4.78, 5) is 15.2. The third kappa shape index (κ3) is 3.93. The third-order valence-corrected chi connectivity index (χ3v) is 3.57. The van der Waals surface area contributed by atoms with E-state index in [-0.39, 0.29) is 5.91 Å². The number of likely N-dealkylation sites (tertiary alicyclic amines) is 1. The molecule has 1 amide bonds. The Morgan fingerprint density at radius 1 is 1.44 bits per heavy atom. The average molecular weight is 259 g/mol. The van der Waals surface area contributed by atoms with Gasteiger partial charge in [0.1, 0.15) is 5.60 Å². The number of hydrogen-bond acceptors (Lipinski definition) is 4. The quantitative estimate of drug-likeness (QED) is 0.744. The van der Waals surface area contributed by atoms with Gasteiger partial charge in [-0.2, -0.15) is 0 Å². The number of carbonyl (C=O) groups is 1. The molecule has 0 saturated carbocycles. The molecule has 0 aliphatic carbocycles. The van der Waals surface area contributed by atoms with Crippen molar-refractivity contribution < 1.29 is 9.90 Å². The number of β-amino-alcohol motifs (C(OH)–C–C–N with tert-alkyl or cyclic N) is 1. The number of nitrogens with two attached hydrogens (primary N) is 1. The number of carbonyl (C=O) groups excluding carboxylic acids is 1. The van der Waals surface area contributed by atoms with E-state index in [0.29, 0.717) is 19.6 Å². The molecule has 3 N–H and O–H groups in total. The molecule has 5 nitrogen and oxygen atoms in total. The van der Waals surface area contributed by atoms with Gasteiger partial charge in [0, 0.05) is 19.6 Å². The normalized spacial score (nSPS) is 18.9. The van der Waals surface area contributed by atoms with Gasteiger partial charge in [0.05, 0.1) is 5.54 Å². The molecule has 0 aromatic carbocycles. The van der Waals surface area contributed by atoms with Gasteiger partial charge in [-0.1, -0.05) is 20.8 Å². The highest BCUT2D eigenvalue weighted by molar-refractivity contribution is 5.83. The molecule has 0 spiro atoms. The Morgan fingerprint density at radius 2 is 1.89 bits per heavy atom. The van der Waals surface area contributed by atoms with Gasteiger partial charge >= 0.3 is 0 Å². The fourth-order valence-corrected chi connectivity index (χ4v) is 1.94. The molecule has 1 heterocycles. The van der Waals surface area contributed by atoms with Crippen LogP contribution in [0, 0.1) is 0 Å². The second kappa shape index (κ2) is 6.50. The summed E-state index contributed by atoms with van der Waals surface area (Å²) in [6.07, 6.45) is 0. The first-order valence-corrected chi connectivity index (χ1v) is 6.67. The topological polar surface area (TPSA) is 69.8 Å². The van der Waals surface area contributed by atoms with Crippen LogP contribution >= 0.6 is 0 Å². The fourth-order valence-electron chi connectivity index (χ4n) is 1.94. The van der Waals surface area contributed by atoms with Crippen molar-refractivity contribution in [1.29, 1.82) is 0 Å². The first kappa shape index (κ1) is 17.4. The molecule has 0 unspecified atom stereocenters. The predicted octanol–water partition coefficient (Wildman–Crippen LogP) is 0.275. The number of amides is 1. The van der Waals surface area contributed by atoms with E-state index < -0.39 is 11.1 Å². The zero-order chi connectivity index (χ0) is 14.6. The molecular formula is C13H29N3O2. The van der Waals surface area contributed by atoms with E-state index in [1.807, 2.05) is 25.8 Å². The predicted molar refractivity (Wildman–Crippen MR) is 74.3 cm³/mol. The van der Waals surface area contributed by atoms with Gasteiger partial charge in [-0.3, -0.25) is 14.6 Å². The number of likely N-dealkylation sites (N-methyl/N-ethyl adjacent to an activating group) is 2. The zero-order valence-corrected chi connectivity index (χ0v) is 12.7. The lowest BCUT2D eigenvalue weighted by molar-refractivity contribution is -0.138. The van der Waals surface area contributed by atoms with Gasteiger partial charge < -0.3 is 10.8 Å². The number of rotatable bonds is 5. The van der Waals surface area contributed by atoms with E-state index in [1.165, 1.54) is 0 Å². The van der Waals surface area contributed by atoms with Gasteiger partial charge in [0.2, 0.25) is 5.91 Å². The molecule has 108 valence electrons. The highest BCUT2D eigenvalue weighted by atomic mass is 16.3. The Hall–Kier alpha value is -0.650. The lowest BCUT2D eigenvalue weighted by Gasteiger charge is -2.49. The van der Waals surface area contributed by atoms with Crippen LogP contribution in [0.5, 0.6) is 0 Å². The van der Waals surface area contributed by atoms with Gasteiger partial charge in [0.15, 0.2) is 0 Å². The standard InChI is InChI=1S/C11H23N3O2.C2H6/c1-5-14-7-11(16,8-14)6-13(4)10(2,3)9(12)15;1-2/h16H,5-8H2,1-4H3,(H2,12,15);1-2H3. The molecule has 1 rings (SSSR count). The molecule has 1 fully saturated rings. The van der Waals surface area contributed by atoms with Crippen molar-refractivity contribution in [3.63, 3.8) is 0 Å². The molecule has 0 radical (unpaired) electrons. The zero-order valence-electron chi connectivity index (χ0n) is 12.7. The van der Waals surface area contributed by atoms with Gasteiger partial charge in [-0.25, -0.2) is 0 Å². The summed E-state index contributed by atoms with van der Waals surface area (Å²) in [6.45, 7) is 12.4. The van der Waals surface area contributed by atoms with Crippen molar-refractivity contribution in [2.75, 3.05) is 33.2 Å². The van der Waals surface area contributed by atoms with Crippen molar-refractivity contribution in [1.82, 2.24) is 9.80 Å². The molecule has 0 bridgehead atoms. The van der Waals surface area contributed by atoms with Crippen molar-refractivity contribution in [2.24, 2.45) is 5.73 Å². The maximum atomic E-state index is 11.3. The maximum absolute atomic E-state index is 11.3. The third-order valence-electron chi connectivity index (χ3n) is 3.57. The van der Waals surface area contributed by atoms with Gasteiger partial charge in [0.25, 0.3) is 0 Å². The first-order valence-electron chi connectivity index (χ1n) is 6.67. The van der Waals surface area contributed by atoms with Gasteiger partial charge in [-0.05, 0) is 27.4 Å². The number of nitrogens with zero attached hydrogens (tertiary/aromatic N) is 2. The van der Waals surface area contributed by atoms with Crippen molar-refractivity contribution in [3.8, 4) is 0 Å². The Labute approximate surface area is 111 Å². The number of primary amides is 1. The average Bonchev–Trinajstić information content (AvgIpc) is 2.27. The number of aliphatic hydroxyl groups is 1. The van der Waals surface area contributed by atoms with Crippen LogP contribution < -0.4 is 5.73 Å². The van der Waals surface area contributed by atoms with E-state index in [0.717, 1.165) is 6.54 Å². The van der Waals surface area contributed by atoms with Crippen molar-refractivity contribution in [2.45, 2.75) is 45.8 Å². The van der Waals surface area contributed by atoms with E-state index in [9.17, 15) is 9.90 Å². The second-order valence-electron chi connectivity index (χ2n) is 5.31. The van der Waals surface area contributed by atoms with E-state index in [1.54, 1.807) is 13.8 Å². The highest BCUT2D eigenvalue weighted by Crippen LogP contribution is 2.24. The molecule has 18 heavy (non-hydrogen) atoms. The number of hydrogen-bond donors (Lipinski definition) is 2. The maximum Gasteiger partial charge on any atom is 0.237 e. The van der Waals surface area contributed by atoms with Crippen LogP contribution in [0.15, 0.2) is 0 Å². The molecule has 1 aliphatic rings. The largest absolute Gasteiger partial charge is 0.386 e. The lowest BCUT2D eigenvalue weighted by Crippen LogP contribution is -2.68. The smallest absolute Gasteiger partial charge is 0.237 e. The minimum Gasteiger partial charge on any atom is -0.386 e. The van der Waals surface area contributed by atoms with E-state index in [4.69, 9.17) is 5.73 Å². The first-order chi connectivity index (χ1) is 8.21. The molecular weight excluding hydrogens is 230 g/mol. The summed E-state index contributed by atoms with van der Waals surface area (Å²) >= 11 is 0. The summed E-state index contributed by atoms with van der Waals surface area (Å²) < 4.78 is 0. The summed E-state index contributed by atoms with van der Waals surface area (Å²) in [5.41, 5.74) is 3.91. The molecule has 0 atom stereocenters. The van der Waals surface area contributed by atoms with E-state index >= 15 is 0 Å². The Morgan fingerprint density at radius 3 is 2.22 bits per heavy atom. The Balaban J connectivity index is 0.00000137. The summed E-state index contributed by atoms with van der Waals surface area (Å²) in [6, 6.07) is 0. The van der Waals surface area contributed by atoms with Crippen LogP contribution in [0.1, 0.15) is 34.6 Å². The highest BCUT2D eigenvalue weighted by Gasteiger charge is 2.44.